The Balaban J connectivity index is 0.00000240. The third kappa shape index (κ3) is 5.04. The molecule has 1 saturated heterocycles. The first-order chi connectivity index (χ1) is 13.6. The summed E-state index contributed by atoms with van der Waals surface area (Å²) in [6, 6.07) is 8.67. The molecular formula is C23H28Cl2N2O2. The fraction of sp³-hybridized carbons (Fsp3) is 0.478. The number of carbonyl (C=O) groups excluding carboxylic acids is 1. The average Bonchev–Trinajstić information content (AvgIpc) is 3.16. The van der Waals surface area contributed by atoms with Crippen LogP contribution < -0.4 is 4.74 Å². The van der Waals surface area contributed by atoms with Crippen LogP contribution in [0.3, 0.4) is 0 Å². The van der Waals surface area contributed by atoms with Crippen molar-refractivity contribution in [1.29, 1.82) is 0 Å². The van der Waals surface area contributed by atoms with Crippen molar-refractivity contribution in [3.63, 3.8) is 0 Å². The van der Waals surface area contributed by atoms with Gasteiger partial charge in [-0.2, -0.15) is 0 Å². The standard InChI is InChI=1S/C23H27ClN2O2.ClH/c1-28-21-12-19(14-25-15-21)17-7-8-18(22(24)13-17)10-16-4-2-5-20(11-16)26-9-3-6-23(26)27;/h7-8,12-16,20H,2-6,9-11H2,1H3;1H. The SMILES string of the molecule is COc1cncc(-c2ccc(CC3CCCC(N4CCCC4=O)C3)c(Cl)c2)c1.Cl. The van der Waals surface area contributed by atoms with Crippen molar-refractivity contribution in [1.82, 2.24) is 9.88 Å². The third-order valence-electron chi connectivity index (χ3n) is 6.15. The first kappa shape index (κ1) is 21.9. The number of halogens is 2. The Morgan fingerprint density at radius 1 is 1.17 bits per heavy atom. The highest BCUT2D eigenvalue weighted by Crippen LogP contribution is 2.35. The van der Waals surface area contributed by atoms with Gasteiger partial charge in [-0.25, -0.2) is 0 Å². The zero-order valence-corrected chi connectivity index (χ0v) is 18.3. The van der Waals surface area contributed by atoms with Crippen molar-refractivity contribution in [2.45, 2.75) is 51.0 Å². The number of aromatic nitrogens is 1. The summed E-state index contributed by atoms with van der Waals surface area (Å²) < 4.78 is 5.27. The van der Waals surface area contributed by atoms with E-state index in [1.165, 1.54) is 18.4 Å². The van der Waals surface area contributed by atoms with E-state index in [1.807, 2.05) is 18.3 Å². The fourth-order valence-electron chi connectivity index (χ4n) is 4.68. The van der Waals surface area contributed by atoms with Crippen LogP contribution in [-0.2, 0) is 11.2 Å². The van der Waals surface area contributed by atoms with Crippen molar-refractivity contribution in [2.75, 3.05) is 13.7 Å². The summed E-state index contributed by atoms with van der Waals surface area (Å²) in [5.74, 6) is 1.68. The number of rotatable bonds is 5. The van der Waals surface area contributed by atoms with Crippen LogP contribution in [0.15, 0.2) is 36.7 Å². The highest BCUT2D eigenvalue weighted by molar-refractivity contribution is 6.31. The van der Waals surface area contributed by atoms with E-state index in [2.05, 4.69) is 22.0 Å². The minimum absolute atomic E-state index is 0. The number of carbonyl (C=O) groups is 1. The van der Waals surface area contributed by atoms with Gasteiger partial charge in [0.15, 0.2) is 0 Å². The smallest absolute Gasteiger partial charge is 0.222 e. The van der Waals surface area contributed by atoms with Crippen molar-refractivity contribution >= 4 is 29.9 Å². The molecule has 2 fully saturated rings. The predicted molar refractivity (Wildman–Crippen MR) is 119 cm³/mol. The number of methoxy groups -OCH3 is 1. The first-order valence-corrected chi connectivity index (χ1v) is 10.6. The molecule has 29 heavy (non-hydrogen) atoms. The lowest BCUT2D eigenvalue weighted by Crippen LogP contribution is -2.39. The number of nitrogens with zero attached hydrogens (tertiary/aromatic N) is 2. The van der Waals surface area contributed by atoms with Crippen molar-refractivity contribution < 1.29 is 9.53 Å². The molecule has 1 aromatic heterocycles. The van der Waals surface area contributed by atoms with Gasteiger partial charge in [0, 0.05) is 35.8 Å². The Hall–Kier alpha value is -1.78. The van der Waals surface area contributed by atoms with Gasteiger partial charge in [0.05, 0.1) is 13.3 Å². The maximum Gasteiger partial charge on any atom is 0.222 e. The molecule has 2 heterocycles. The Labute approximate surface area is 184 Å². The minimum atomic E-state index is 0. The monoisotopic (exact) mass is 434 g/mol. The number of pyridine rings is 1. The summed E-state index contributed by atoms with van der Waals surface area (Å²) in [7, 11) is 1.64. The van der Waals surface area contributed by atoms with Crippen molar-refractivity contribution in [2.24, 2.45) is 5.92 Å². The third-order valence-corrected chi connectivity index (χ3v) is 6.50. The van der Waals surface area contributed by atoms with Crippen LogP contribution in [0.25, 0.3) is 11.1 Å². The second-order valence-electron chi connectivity index (χ2n) is 8.00. The quantitative estimate of drug-likeness (QED) is 0.618. The molecule has 0 bridgehead atoms. The molecule has 2 aliphatic rings. The first-order valence-electron chi connectivity index (χ1n) is 10.2. The maximum absolute atomic E-state index is 12.1. The van der Waals surface area contributed by atoms with E-state index in [0.29, 0.717) is 17.9 Å². The number of likely N-dealkylation sites (tertiary alicyclic amines) is 1. The van der Waals surface area contributed by atoms with Gasteiger partial charge in [-0.1, -0.05) is 30.2 Å². The van der Waals surface area contributed by atoms with Gasteiger partial charge in [-0.3, -0.25) is 9.78 Å². The summed E-state index contributed by atoms with van der Waals surface area (Å²) in [5, 5.41) is 0.805. The van der Waals surface area contributed by atoms with Gasteiger partial charge in [0.25, 0.3) is 0 Å². The Bertz CT molecular complexity index is 859. The number of ether oxygens (including phenoxy) is 1. The summed E-state index contributed by atoms with van der Waals surface area (Å²) in [4.78, 5) is 18.5. The van der Waals surface area contributed by atoms with Crippen molar-refractivity contribution in [3.8, 4) is 16.9 Å². The molecule has 4 nitrogen and oxygen atoms in total. The lowest BCUT2D eigenvalue weighted by Gasteiger charge is -2.35. The molecule has 156 valence electrons. The fourth-order valence-corrected chi connectivity index (χ4v) is 4.94. The Kier molecular flexibility index (Phi) is 7.42. The summed E-state index contributed by atoms with van der Waals surface area (Å²) in [6.07, 6.45) is 10.9. The van der Waals surface area contributed by atoms with Crippen LogP contribution >= 0.6 is 24.0 Å². The lowest BCUT2D eigenvalue weighted by molar-refractivity contribution is -0.130. The van der Waals surface area contributed by atoms with Gasteiger partial charge in [-0.15, -0.1) is 12.4 Å². The van der Waals surface area contributed by atoms with Gasteiger partial charge in [0.2, 0.25) is 5.91 Å². The van der Waals surface area contributed by atoms with Crippen LogP contribution in [0.5, 0.6) is 5.75 Å². The highest BCUT2D eigenvalue weighted by atomic mass is 35.5. The van der Waals surface area contributed by atoms with Crippen LogP contribution in [0.1, 0.15) is 44.1 Å². The topological polar surface area (TPSA) is 42.4 Å². The Morgan fingerprint density at radius 2 is 2.03 bits per heavy atom. The normalized spacial score (nSPS) is 21.7. The van der Waals surface area contributed by atoms with E-state index in [9.17, 15) is 4.79 Å². The van der Waals surface area contributed by atoms with E-state index < -0.39 is 0 Å². The zero-order valence-electron chi connectivity index (χ0n) is 16.8. The van der Waals surface area contributed by atoms with Crippen LogP contribution in [-0.4, -0.2) is 35.5 Å². The molecule has 1 aliphatic carbocycles. The van der Waals surface area contributed by atoms with E-state index in [0.717, 1.165) is 60.5 Å². The second kappa shape index (κ2) is 9.82. The van der Waals surface area contributed by atoms with Gasteiger partial charge >= 0.3 is 0 Å². The largest absolute Gasteiger partial charge is 0.495 e. The summed E-state index contributed by atoms with van der Waals surface area (Å²) in [6.45, 7) is 0.945. The number of hydrogen-bond acceptors (Lipinski definition) is 3. The molecule has 0 N–H and O–H groups in total. The summed E-state index contributed by atoms with van der Waals surface area (Å²) in [5.41, 5.74) is 3.24. The zero-order chi connectivity index (χ0) is 19.5. The van der Waals surface area contributed by atoms with Crippen LogP contribution in [0.2, 0.25) is 5.02 Å². The van der Waals surface area contributed by atoms with E-state index >= 15 is 0 Å². The molecule has 1 aliphatic heterocycles. The summed E-state index contributed by atoms with van der Waals surface area (Å²) >= 11 is 6.64. The molecule has 0 spiro atoms. The molecule has 6 heteroatoms. The highest BCUT2D eigenvalue weighted by Gasteiger charge is 2.32. The Morgan fingerprint density at radius 3 is 2.76 bits per heavy atom. The molecule has 2 atom stereocenters. The van der Waals surface area contributed by atoms with Gasteiger partial charge in [0.1, 0.15) is 5.75 Å². The van der Waals surface area contributed by atoms with Crippen LogP contribution in [0.4, 0.5) is 0 Å². The molecule has 0 radical (unpaired) electrons. The second-order valence-corrected chi connectivity index (χ2v) is 8.41. The molecule has 4 rings (SSSR count). The van der Waals surface area contributed by atoms with Crippen molar-refractivity contribution in [3.05, 3.63) is 47.2 Å². The number of benzene rings is 1. The predicted octanol–water partition coefficient (Wildman–Crippen LogP) is 5.56. The lowest BCUT2D eigenvalue weighted by atomic mass is 9.81. The maximum atomic E-state index is 12.1. The minimum Gasteiger partial charge on any atom is -0.495 e. The molecule has 1 aromatic carbocycles. The van der Waals surface area contributed by atoms with Gasteiger partial charge in [-0.05, 0) is 61.3 Å². The molecule has 1 amide bonds. The average molecular weight is 435 g/mol. The molecule has 2 unspecified atom stereocenters. The van der Waals surface area contributed by atoms with E-state index in [1.54, 1.807) is 13.3 Å². The van der Waals surface area contributed by atoms with E-state index in [4.69, 9.17) is 16.3 Å². The van der Waals surface area contributed by atoms with E-state index in [-0.39, 0.29) is 12.4 Å². The van der Waals surface area contributed by atoms with Crippen LogP contribution in [0, 0.1) is 5.92 Å². The number of hydrogen-bond donors (Lipinski definition) is 0. The molecule has 2 aromatic rings. The molecular weight excluding hydrogens is 407 g/mol. The number of amides is 1. The van der Waals surface area contributed by atoms with Gasteiger partial charge < -0.3 is 9.64 Å². The molecule has 1 saturated carbocycles.